The first-order chi connectivity index (χ1) is 9.63. The molecule has 0 radical (unpaired) electrons. The zero-order valence-corrected chi connectivity index (χ0v) is 12.0. The molecule has 4 nitrogen and oxygen atoms in total. The molecule has 0 aliphatic carbocycles. The highest BCUT2D eigenvalue weighted by Crippen LogP contribution is 2.06. The highest BCUT2D eigenvalue weighted by molar-refractivity contribution is 5.76. The van der Waals surface area contributed by atoms with Crippen LogP contribution in [0.1, 0.15) is 29.1 Å². The molecule has 1 aromatic carbocycles. The maximum Gasteiger partial charge on any atom is 0.220 e. The maximum atomic E-state index is 11.7. The van der Waals surface area contributed by atoms with E-state index in [0.29, 0.717) is 25.3 Å². The number of nitrogens with zero attached hydrogens (tertiary/aromatic N) is 1. The molecule has 0 bridgehead atoms. The Morgan fingerprint density at radius 1 is 1.30 bits per heavy atom. The SMILES string of the molecule is Cc1cccc(CCC(=O)NCCc2coc(C)n2)c1. The molecule has 1 heterocycles. The van der Waals surface area contributed by atoms with Gasteiger partial charge in [0.1, 0.15) is 6.26 Å². The van der Waals surface area contributed by atoms with Crippen LogP contribution >= 0.6 is 0 Å². The van der Waals surface area contributed by atoms with E-state index < -0.39 is 0 Å². The summed E-state index contributed by atoms with van der Waals surface area (Å²) >= 11 is 0. The van der Waals surface area contributed by atoms with Crippen molar-refractivity contribution < 1.29 is 9.21 Å². The lowest BCUT2D eigenvalue weighted by atomic mass is 10.1. The van der Waals surface area contributed by atoms with Gasteiger partial charge in [0.2, 0.25) is 5.91 Å². The third kappa shape index (κ3) is 4.53. The predicted octanol–water partition coefficient (Wildman–Crippen LogP) is 2.58. The number of rotatable bonds is 6. The van der Waals surface area contributed by atoms with E-state index in [-0.39, 0.29) is 5.91 Å². The summed E-state index contributed by atoms with van der Waals surface area (Å²) in [6.45, 7) is 4.46. The van der Waals surface area contributed by atoms with E-state index in [9.17, 15) is 4.79 Å². The fraction of sp³-hybridized carbons (Fsp3) is 0.375. The number of benzene rings is 1. The molecule has 0 aliphatic rings. The second-order valence-corrected chi connectivity index (χ2v) is 4.95. The first kappa shape index (κ1) is 14.3. The van der Waals surface area contributed by atoms with Crippen molar-refractivity contribution in [3.8, 4) is 0 Å². The fourth-order valence-electron chi connectivity index (χ4n) is 2.07. The Kier molecular flexibility index (Phi) is 4.93. The van der Waals surface area contributed by atoms with Crippen molar-refractivity contribution in [3.63, 3.8) is 0 Å². The van der Waals surface area contributed by atoms with E-state index in [0.717, 1.165) is 12.1 Å². The van der Waals surface area contributed by atoms with E-state index in [4.69, 9.17) is 4.42 Å². The smallest absolute Gasteiger partial charge is 0.220 e. The average molecular weight is 272 g/mol. The summed E-state index contributed by atoms with van der Waals surface area (Å²) in [7, 11) is 0. The van der Waals surface area contributed by atoms with Gasteiger partial charge < -0.3 is 9.73 Å². The van der Waals surface area contributed by atoms with Gasteiger partial charge in [0.15, 0.2) is 5.89 Å². The molecule has 0 fully saturated rings. The molecule has 0 aliphatic heterocycles. The molecule has 0 atom stereocenters. The molecular weight excluding hydrogens is 252 g/mol. The number of carbonyl (C=O) groups excluding carboxylic acids is 1. The molecule has 0 spiro atoms. The molecule has 0 saturated carbocycles. The zero-order valence-electron chi connectivity index (χ0n) is 12.0. The van der Waals surface area contributed by atoms with Gasteiger partial charge in [0.25, 0.3) is 0 Å². The largest absolute Gasteiger partial charge is 0.449 e. The predicted molar refractivity (Wildman–Crippen MR) is 77.5 cm³/mol. The van der Waals surface area contributed by atoms with Gasteiger partial charge in [0.05, 0.1) is 5.69 Å². The standard InChI is InChI=1S/C16H20N2O2/c1-12-4-3-5-14(10-12)6-7-16(19)17-9-8-15-11-20-13(2)18-15/h3-5,10-11H,6-9H2,1-2H3,(H,17,19). The van der Waals surface area contributed by atoms with E-state index in [1.54, 1.807) is 6.26 Å². The van der Waals surface area contributed by atoms with Crippen molar-refractivity contribution in [2.24, 2.45) is 0 Å². The number of aromatic nitrogens is 1. The van der Waals surface area contributed by atoms with Gasteiger partial charge in [-0.2, -0.15) is 0 Å². The second-order valence-electron chi connectivity index (χ2n) is 4.95. The van der Waals surface area contributed by atoms with Gasteiger partial charge in [-0.3, -0.25) is 4.79 Å². The van der Waals surface area contributed by atoms with Crippen LogP contribution in [0.25, 0.3) is 0 Å². The molecule has 106 valence electrons. The molecule has 2 rings (SSSR count). The van der Waals surface area contributed by atoms with Gasteiger partial charge in [-0.05, 0) is 18.9 Å². The summed E-state index contributed by atoms with van der Waals surface area (Å²) < 4.78 is 5.11. The molecule has 1 amide bonds. The Labute approximate surface area is 119 Å². The van der Waals surface area contributed by atoms with Crippen molar-refractivity contribution in [1.82, 2.24) is 10.3 Å². The highest BCUT2D eigenvalue weighted by atomic mass is 16.3. The Morgan fingerprint density at radius 2 is 2.15 bits per heavy atom. The molecular formula is C16H20N2O2. The second kappa shape index (κ2) is 6.89. The third-order valence-corrected chi connectivity index (χ3v) is 3.09. The molecule has 0 unspecified atom stereocenters. The molecule has 2 aromatic rings. The monoisotopic (exact) mass is 272 g/mol. The summed E-state index contributed by atoms with van der Waals surface area (Å²) in [5.74, 6) is 0.734. The first-order valence-corrected chi connectivity index (χ1v) is 6.87. The van der Waals surface area contributed by atoms with E-state index in [2.05, 4.69) is 35.4 Å². The molecule has 1 N–H and O–H groups in total. The Balaban J connectivity index is 1.68. The lowest BCUT2D eigenvalue weighted by molar-refractivity contribution is -0.121. The zero-order chi connectivity index (χ0) is 14.4. The number of amides is 1. The third-order valence-electron chi connectivity index (χ3n) is 3.09. The first-order valence-electron chi connectivity index (χ1n) is 6.87. The number of oxazole rings is 1. The molecule has 4 heteroatoms. The van der Waals surface area contributed by atoms with Crippen molar-refractivity contribution in [2.75, 3.05) is 6.54 Å². The van der Waals surface area contributed by atoms with Crippen LogP contribution in [0.5, 0.6) is 0 Å². The van der Waals surface area contributed by atoms with Crippen LogP contribution in [-0.4, -0.2) is 17.4 Å². The minimum Gasteiger partial charge on any atom is -0.449 e. The number of carbonyl (C=O) groups is 1. The van der Waals surface area contributed by atoms with E-state index in [1.165, 1.54) is 11.1 Å². The quantitative estimate of drug-likeness (QED) is 0.879. The number of hydrogen-bond donors (Lipinski definition) is 1. The van der Waals surface area contributed by atoms with Crippen molar-refractivity contribution in [1.29, 1.82) is 0 Å². The topological polar surface area (TPSA) is 55.1 Å². The summed E-state index contributed by atoms with van der Waals surface area (Å²) in [6.07, 6.45) is 3.62. The average Bonchev–Trinajstić information content (AvgIpc) is 2.82. The minimum absolute atomic E-state index is 0.0757. The Bertz CT molecular complexity index is 575. The van der Waals surface area contributed by atoms with Gasteiger partial charge in [-0.25, -0.2) is 4.98 Å². The Morgan fingerprint density at radius 3 is 2.85 bits per heavy atom. The number of hydrogen-bond acceptors (Lipinski definition) is 3. The van der Waals surface area contributed by atoms with Crippen LogP contribution in [0.2, 0.25) is 0 Å². The molecule has 20 heavy (non-hydrogen) atoms. The van der Waals surface area contributed by atoms with Crippen molar-refractivity contribution in [3.05, 3.63) is 53.2 Å². The number of aryl methyl sites for hydroxylation is 3. The summed E-state index contributed by atoms with van der Waals surface area (Å²) in [5, 5.41) is 2.90. The van der Waals surface area contributed by atoms with Crippen LogP contribution < -0.4 is 5.32 Å². The summed E-state index contributed by atoms with van der Waals surface area (Å²) in [6, 6.07) is 8.25. The fourth-order valence-corrected chi connectivity index (χ4v) is 2.07. The Hall–Kier alpha value is -2.10. The highest BCUT2D eigenvalue weighted by Gasteiger charge is 2.04. The van der Waals surface area contributed by atoms with Gasteiger partial charge in [-0.1, -0.05) is 29.8 Å². The van der Waals surface area contributed by atoms with Crippen LogP contribution in [0.3, 0.4) is 0 Å². The summed E-state index contributed by atoms with van der Waals surface area (Å²) in [5.41, 5.74) is 3.30. The lowest BCUT2D eigenvalue weighted by Gasteiger charge is -2.05. The lowest BCUT2D eigenvalue weighted by Crippen LogP contribution is -2.25. The van der Waals surface area contributed by atoms with Gasteiger partial charge >= 0.3 is 0 Å². The van der Waals surface area contributed by atoms with E-state index in [1.807, 2.05) is 13.0 Å². The van der Waals surface area contributed by atoms with Crippen LogP contribution in [0.4, 0.5) is 0 Å². The van der Waals surface area contributed by atoms with Gasteiger partial charge in [0, 0.05) is 26.3 Å². The maximum absolute atomic E-state index is 11.7. The summed E-state index contributed by atoms with van der Waals surface area (Å²) in [4.78, 5) is 15.9. The van der Waals surface area contributed by atoms with Crippen LogP contribution in [-0.2, 0) is 17.6 Å². The molecule has 0 saturated heterocycles. The minimum atomic E-state index is 0.0757. The number of nitrogens with one attached hydrogen (secondary N) is 1. The van der Waals surface area contributed by atoms with Crippen molar-refractivity contribution >= 4 is 5.91 Å². The van der Waals surface area contributed by atoms with Crippen LogP contribution in [0.15, 0.2) is 34.9 Å². The molecule has 1 aromatic heterocycles. The van der Waals surface area contributed by atoms with Crippen LogP contribution in [0, 0.1) is 13.8 Å². The van der Waals surface area contributed by atoms with Gasteiger partial charge in [-0.15, -0.1) is 0 Å². The van der Waals surface area contributed by atoms with E-state index >= 15 is 0 Å². The van der Waals surface area contributed by atoms with Crippen molar-refractivity contribution in [2.45, 2.75) is 33.1 Å². The normalized spacial score (nSPS) is 10.5.